The molecule has 21 heavy (non-hydrogen) atoms. The fourth-order valence-corrected chi connectivity index (χ4v) is 2.43. The van der Waals surface area contributed by atoms with Crippen LogP contribution in [-0.2, 0) is 11.3 Å². The van der Waals surface area contributed by atoms with Gasteiger partial charge in [-0.2, -0.15) is 0 Å². The molecule has 0 aliphatic carbocycles. The van der Waals surface area contributed by atoms with Gasteiger partial charge in [0.05, 0.1) is 27.4 Å². The first-order chi connectivity index (χ1) is 10.2. The average molecular weight is 294 g/mol. The molecule has 1 saturated heterocycles. The van der Waals surface area contributed by atoms with Gasteiger partial charge in [0.1, 0.15) is 5.75 Å². The maximum atomic E-state index is 11.7. The number of nitrogens with one attached hydrogen (secondary N) is 2. The van der Waals surface area contributed by atoms with E-state index in [1.165, 1.54) is 0 Å². The summed E-state index contributed by atoms with van der Waals surface area (Å²) in [6, 6.07) is 3.50. The molecule has 1 fully saturated rings. The van der Waals surface area contributed by atoms with Crippen molar-refractivity contribution in [2.75, 3.05) is 27.9 Å². The first-order valence-corrected chi connectivity index (χ1v) is 6.99. The second-order valence-electron chi connectivity index (χ2n) is 4.89. The molecule has 0 bridgehead atoms. The van der Waals surface area contributed by atoms with E-state index in [2.05, 4.69) is 10.6 Å². The van der Waals surface area contributed by atoms with Gasteiger partial charge in [0, 0.05) is 24.7 Å². The monoisotopic (exact) mass is 294 g/mol. The lowest BCUT2D eigenvalue weighted by Crippen LogP contribution is -2.47. The van der Waals surface area contributed by atoms with Crippen LogP contribution < -0.4 is 24.8 Å². The van der Waals surface area contributed by atoms with E-state index in [0.29, 0.717) is 23.8 Å². The van der Waals surface area contributed by atoms with Crippen LogP contribution in [0.15, 0.2) is 12.1 Å². The summed E-state index contributed by atoms with van der Waals surface area (Å²) in [4.78, 5) is 11.7. The fourth-order valence-electron chi connectivity index (χ4n) is 2.43. The van der Waals surface area contributed by atoms with Crippen molar-refractivity contribution in [1.82, 2.24) is 10.6 Å². The minimum absolute atomic E-state index is 0.0562. The summed E-state index contributed by atoms with van der Waals surface area (Å²) < 4.78 is 15.9. The van der Waals surface area contributed by atoms with Gasteiger partial charge < -0.3 is 24.8 Å². The summed E-state index contributed by atoms with van der Waals surface area (Å²) in [5.74, 6) is 2.02. The first-order valence-electron chi connectivity index (χ1n) is 6.99. The highest BCUT2D eigenvalue weighted by atomic mass is 16.5. The summed E-state index contributed by atoms with van der Waals surface area (Å²) >= 11 is 0. The quantitative estimate of drug-likeness (QED) is 0.822. The Morgan fingerprint density at radius 1 is 1.14 bits per heavy atom. The molecule has 1 aromatic carbocycles. The molecule has 1 aromatic rings. The van der Waals surface area contributed by atoms with Gasteiger partial charge in [-0.05, 0) is 18.9 Å². The number of carbonyl (C=O) groups is 1. The van der Waals surface area contributed by atoms with Gasteiger partial charge in [0.25, 0.3) is 0 Å². The van der Waals surface area contributed by atoms with Crippen molar-refractivity contribution in [2.45, 2.75) is 25.4 Å². The van der Waals surface area contributed by atoms with E-state index >= 15 is 0 Å². The van der Waals surface area contributed by atoms with Gasteiger partial charge in [-0.1, -0.05) is 0 Å². The van der Waals surface area contributed by atoms with Crippen LogP contribution in [-0.4, -0.2) is 39.8 Å². The third-order valence-electron chi connectivity index (χ3n) is 3.61. The van der Waals surface area contributed by atoms with E-state index in [1.807, 2.05) is 6.07 Å². The third-order valence-corrected chi connectivity index (χ3v) is 3.61. The lowest BCUT2D eigenvalue weighted by atomic mass is 10.1. The second kappa shape index (κ2) is 7.17. The summed E-state index contributed by atoms with van der Waals surface area (Å²) in [5.41, 5.74) is 0.925. The molecular weight excluding hydrogens is 272 g/mol. The van der Waals surface area contributed by atoms with Gasteiger partial charge in [-0.3, -0.25) is 4.79 Å². The Labute approximate surface area is 124 Å². The number of piperidine rings is 1. The Bertz CT molecular complexity index is 505. The maximum Gasteiger partial charge on any atom is 0.237 e. The summed E-state index contributed by atoms with van der Waals surface area (Å²) in [5, 5.41) is 6.12. The largest absolute Gasteiger partial charge is 0.496 e. The molecule has 6 heteroatoms. The van der Waals surface area contributed by atoms with Crippen molar-refractivity contribution in [1.29, 1.82) is 0 Å². The summed E-state index contributed by atoms with van der Waals surface area (Å²) in [7, 11) is 4.79. The Balaban J connectivity index is 2.12. The van der Waals surface area contributed by atoms with Crippen molar-refractivity contribution >= 4 is 5.91 Å². The van der Waals surface area contributed by atoms with E-state index in [0.717, 1.165) is 24.9 Å². The molecule has 2 rings (SSSR count). The molecule has 1 heterocycles. The van der Waals surface area contributed by atoms with Crippen LogP contribution in [0, 0.1) is 0 Å². The fraction of sp³-hybridized carbons (Fsp3) is 0.533. The number of ether oxygens (including phenoxy) is 3. The highest BCUT2D eigenvalue weighted by molar-refractivity contribution is 5.82. The standard InChI is InChI=1S/C15H22N2O4/c1-19-12-8-14(21-3)13(20-2)7-10(12)9-17-11-5-4-6-16-15(11)18/h7-8,11,17H,4-6,9H2,1-3H3,(H,16,18). The predicted molar refractivity (Wildman–Crippen MR) is 79.0 cm³/mol. The van der Waals surface area contributed by atoms with E-state index < -0.39 is 0 Å². The van der Waals surface area contributed by atoms with Crippen molar-refractivity contribution in [2.24, 2.45) is 0 Å². The van der Waals surface area contributed by atoms with Gasteiger partial charge in [-0.15, -0.1) is 0 Å². The van der Waals surface area contributed by atoms with Crippen LogP contribution in [0.5, 0.6) is 17.2 Å². The number of hydrogen-bond acceptors (Lipinski definition) is 5. The highest BCUT2D eigenvalue weighted by Crippen LogP contribution is 2.34. The summed E-state index contributed by atoms with van der Waals surface area (Å²) in [6.07, 6.45) is 1.84. The molecule has 0 saturated carbocycles. The molecule has 1 aliphatic rings. The molecule has 0 spiro atoms. The number of benzene rings is 1. The molecule has 6 nitrogen and oxygen atoms in total. The van der Waals surface area contributed by atoms with Crippen molar-refractivity contribution in [3.63, 3.8) is 0 Å². The number of carbonyl (C=O) groups excluding carboxylic acids is 1. The Hall–Kier alpha value is -1.95. The van der Waals surface area contributed by atoms with Gasteiger partial charge in [0.2, 0.25) is 5.91 Å². The van der Waals surface area contributed by atoms with Gasteiger partial charge in [-0.25, -0.2) is 0 Å². The maximum absolute atomic E-state index is 11.7. The topological polar surface area (TPSA) is 68.8 Å². The minimum atomic E-state index is -0.156. The van der Waals surface area contributed by atoms with Crippen molar-refractivity contribution in [3.05, 3.63) is 17.7 Å². The zero-order chi connectivity index (χ0) is 15.2. The number of hydrogen-bond donors (Lipinski definition) is 2. The predicted octanol–water partition coefficient (Wildman–Crippen LogP) is 1.08. The molecule has 1 amide bonds. The van der Waals surface area contributed by atoms with Crippen LogP contribution in [0.1, 0.15) is 18.4 Å². The normalized spacial score (nSPS) is 18.0. The van der Waals surface area contributed by atoms with E-state index in [-0.39, 0.29) is 11.9 Å². The molecule has 0 radical (unpaired) electrons. The van der Waals surface area contributed by atoms with E-state index in [9.17, 15) is 4.79 Å². The van der Waals surface area contributed by atoms with Crippen LogP contribution in [0.25, 0.3) is 0 Å². The lowest BCUT2D eigenvalue weighted by Gasteiger charge is -2.23. The van der Waals surface area contributed by atoms with Crippen molar-refractivity contribution < 1.29 is 19.0 Å². The zero-order valence-corrected chi connectivity index (χ0v) is 12.7. The van der Waals surface area contributed by atoms with Crippen molar-refractivity contribution in [3.8, 4) is 17.2 Å². The van der Waals surface area contributed by atoms with Gasteiger partial charge >= 0.3 is 0 Å². The third kappa shape index (κ3) is 3.58. The molecule has 1 atom stereocenters. The summed E-state index contributed by atoms with van der Waals surface area (Å²) in [6.45, 7) is 1.29. The smallest absolute Gasteiger partial charge is 0.237 e. The molecule has 2 N–H and O–H groups in total. The van der Waals surface area contributed by atoms with Crippen LogP contribution in [0.2, 0.25) is 0 Å². The van der Waals surface area contributed by atoms with Gasteiger partial charge in [0.15, 0.2) is 11.5 Å². The number of methoxy groups -OCH3 is 3. The van der Waals surface area contributed by atoms with Crippen LogP contribution in [0.4, 0.5) is 0 Å². The van der Waals surface area contributed by atoms with Crippen LogP contribution >= 0.6 is 0 Å². The first kappa shape index (κ1) is 15.4. The molecule has 116 valence electrons. The van der Waals surface area contributed by atoms with Crippen LogP contribution in [0.3, 0.4) is 0 Å². The Morgan fingerprint density at radius 2 is 1.81 bits per heavy atom. The number of rotatable bonds is 6. The average Bonchev–Trinajstić information content (AvgIpc) is 2.53. The molecule has 1 aliphatic heterocycles. The van der Waals surface area contributed by atoms with E-state index in [1.54, 1.807) is 27.4 Å². The molecular formula is C15H22N2O4. The Morgan fingerprint density at radius 3 is 2.43 bits per heavy atom. The highest BCUT2D eigenvalue weighted by Gasteiger charge is 2.22. The Kier molecular flexibility index (Phi) is 5.27. The van der Waals surface area contributed by atoms with E-state index in [4.69, 9.17) is 14.2 Å². The molecule has 0 aromatic heterocycles. The number of amides is 1. The SMILES string of the molecule is COc1cc(OC)c(OC)cc1CNC1CCCNC1=O. The second-order valence-corrected chi connectivity index (χ2v) is 4.89. The molecule has 1 unspecified atom stereocenters. The lowest BCUT2D eigenvalue weighted by molar-refractivity contribution is -0.124. The minimum Gasteiger partial charge on any atom is -0.496 e. The zero-order valence-electron chi connectivity index (χ0n) is 12.7.